The number of aromatic nitrogens is 1. The summed E-state index contributed by atoms with van der Waals surface area (Å²) in [5, 5.41) is 1.81. The van der Waals surface area contributed by atoms with Gasteiger partial charge in [-0.25, -0.2) is 4.98 Å². The van der Waals surface area contributed by atoms with Crippen molar-refractivity contribution in [1.29, 1.82) is 0 Å². The lowest BCUT2D eigenvalue weighted by atomic mass is 10.2. The molecule has 0 unspecified atom stereocenters. The van der Waals surface area contributed by atoms with E-state index < -0.39 is 12.1 Å². The number of nitrogen functional groups attached to an aromatic ring is 1. The number of pyridine rings is 1. The van der Waals surface area contributed by atoms with Crippen LogP contribution in [0.2, 0.25) is 0 Å². The molecule has 0 bridgehead atoms. The molecule has 2 aromatic rings. The number of carbonyl (C=O) groups is 1. The van der Waals surface area contributed by atoms with E-state index >= 15 is 0 Å². The van der Waals surface area contributed by atoms with Crippen molar-refractivity contribution >= 4 is 28.8 Å². The van der Waals surface area contributed by atoms with Crippen molar-refractivity contribution in [2.75, 3.05) is 23.0 Å². The maximum absolute atomic E-state index is 12.3. The molecular formula is C14H13F3N4O. The Morgan fingerprint density at radius 2 is 2.00 bits per heavy atom. The van der Waals surface area contributed by atoms with E-state index in [9.17, 15) is 18.0 Å². The first-order chi connectivity index (χ1) is 10.3. The fourth-order valence-electron chi connectivity index (χ4n) is 1.72. The number of halogens is 3. The number of nitrogens with one attached hydrogen (secondary N) is 1. The third-order valence-electron chi connectivity index (χ3n) is 2.86. The molecule has 0 saturated heterocycles. The van der Waals surface area contributed by atoms with Crippen LogP contribution in [0.5, 0.6) is 0 Å². The highest BCUT2D eigenvalue weighted by atomic mass is 19.4. The van der Waals surface area contributed by atoms with Gasteiger partial charge in [0.1, 0.15) is 5.82 Å². The number of benzene rings is 1. The Balaban J connectivity index is 2.21. The second-order valence-corrected chi connectivity index (χ2v) is 4.51. The molecule has 0 aliphatic rings. The largest absolute Gasteiger partial charge is 0.471 e. The molecule has 1 aromatic heterocycles. The summed E-state index contributed by atoms with van der Waals surface area (Å²) in [7, 11) is 1.70. The van der Waals surface area contributed by atoms with Crippen LogP contribution in [-0.2, 0) is 4.79 Å². The monoisotopic (exact) mass is 310 g/mol. The standard InChI is InChI=1S/C14H13F3N4O/c1-21(12-6-5-9(18)8-19-12)11-4-2-3-10(7-11)20-13(22)14(15,16)17/h2-8H,18H2,1H3,(H,20,22). The fourth-order valence-corrected chi connectivity index (χ4v) is 1.72. The third kappa shape index (κ3) is 3.66. The number of nitrogens with two attached hydrogens (primary N) is 1. The van der Waals surface area contributed by atoms with Crippen LogP contribution in [0.3, 0.4) is 0 Å². The smallest absolute Gasteiger partial charge is 0.397 e. The predicted octanol–water partition coefficient (Wildman–Crippen LogP) is 2.93. The van der Waals surface area contributed by atoms with Gasteiger partial charge in [-0.3, -0.25) is 4.79 Å². The van der Waals surface area contributed by atoms with Crippen molar-refractivity contribution in [2.24, 2.45) is 0 Å². The van der Waals surface area contributed by atoms with Crippen LogP contribution in [0, 0.1) is 0 Å². The van der Waals surface area contributed by atoms with Gasteiger partial charge in [-0.2, -0.15) is 13.2 Å². The number of nitrogens with zero attached hydrogens (tertiary/aromatic N) is 2. The topological polar surface area (TPSA) is 71.2 Å². The van der Waals surface area contributed by atoms with Gasteiger partial charge in [0.2, 0.25) is 0 Å². The lowest BCUT2D eigenvalue weighted by Gasteiger charge is -2.19. The van der Waals surface area contributed by atoms with E-state index in [1.807, 2.05) is 0 Å². The van der Waals surface area contributed by atoms with Crippen molar-refractivity contribution in [3.8, 4) is 0 Å². The Bertz CT molecular complexity index is 671. The lowest BCUT2D eigenvalue weighted by Crippen LogP contribution is -2.29. The van der Waals surface area contributed by atoms with Crippen LogP contribution in [0.1, 0.15) is 0 Å². The maximum Gasteiger partial charge on any atom is 0.471 e. The van der Waals surface area contributed by atoms with Gasteiger partial charge in [-0.1, -0.05) is 6.07 Å². The third-order valence-corrected chi connectivity index (χ3v) is 2.86. The number of hydrogen-bond acceptors (Lipinski definition) is 4. The molecule has 0 radical (unpaired) electrons. The molecule has 5 nitrogen and oxygen atoms in total. The summed E-state index contributed by atoms with van der Waals surface area (Å²) in [6.07, 6.45) is -3.46. The first-order valence-electron chi connectivity index (χ1n) is 6.21. The first kappa shape index (κ1) is 15.6. The zero-order chi connectivity index (χ0) is 16.3. The quantitative estimate of drug-likeness (QED) is 0.914. The second-order valence-electron chi connectivity index (χ2n) is 4.51. The van der Waals surface area contributed by atoms with Crippen LogP contribution < -0.4 is 16.0 Å². The van der Waals surface area contributed by atoms with E-state index in [4.69, 9.17) is 5.73 Å². The SMILES string of the molecule is CN(c1cccc(NC(=O)C(F)(F)F)c1)c1ccc(N)cn1. The molecule has 116 valence electrons. The van der Waals surface area contributed by atoms with Gasteiger partial charge in [-0.05, 0) is 30.3 Å². The number of amides is 1. The second kappa shape index (κ2) is 5.92. The van der Waals surface area contributed by atoms with Gasteiger partial charge < -0.3 is 16.0 Å². The zero-order valence-electron chi connectivity index (χ0n) is 11.6. The molecule has 0 spiro atoms. The maximum atomic E-state index is 12.3. The molecule has 0 aliphatic carbocycles. The van der Waals surface area contributed by atoms with E-state index in [2.05, 4.69) is 4.98 Å². The van der Waals surface area contributed by atoms with Gasteiger partial charge in [0.25, 0.3) is 0 Å². The summed E-state index contributed by atoms with van der Waals surface area (Å²) in [6, 6.07) is 9.35. The highest BCUT2D eigenvalue weighted by Crippen LogP contribution is 2.26. The van der Waals surface area contributed by atoms with Crippen LogP contribution >= 0.6 is 0 Å². The van der Waals surface area contributed by atoms with E-state index in [1.165, 1.54) is 24.4 Å². The number of carbonyl (C=O) groups excluding carboxylic acids is 1. The average Bonchev–Trinajstić information content (AvgIpc) is 2.46. The number of hydrogen-bond donors (Lipinski definition) is 2. The highest BCUT2D eigenvalue weighted by molar-refractivity contribution is 5.95. The van der Waals surface area contributed by atoms with Crippen LogP contribution in [0.25, 0.3) is 0 Å². The summed E-state index contributed by atoms with van der Waals surface area (Å²) < 4.78 is 36.8. The van der Waals surface area contributed by atoms with Crippen molar-refractivity contribution in [3.63, 3.8) is 0 Å². The van der Waals surface area contributed by atoms with E-state index in [-0.39, 0.29) is 5.69 Å². The molecule has 0 atom stereocenters. The number of alkyl halides is 3. The molecule has 1 aromatic carbocycles. The van der Waals surface area contributed by atoms with Crippen LogP contribution in [0.4, 0.5) is 36.1 Å². The Hall–Kier alpha value is -2.77. The van der Waals surface area contributed by atoms with Crippen LogP contribution in [-0.4, -0.2) is 24.1 Å². The number of rotatable bonds is 3. The van der Waals surface area contributed by atoms with E-state index in [1.54, 1.807) is 35.5 Å². The Morgan fingerprint density at radius 1 is 1.27 bits per heavy atom. The molecule has 8 heteroatoms. The molecule has 1 heterocycles. The van der Waals surface area contributed by atoms with Gasteiger partial charge in [0.05, 0.1) is 11.9 Å². The summed E-state index contributed by atoms with van der Waals surface area (Å²) in [6.45, 7) is 0. The molecule has 0 fully saturated rings. The summed E-state index contributed by atoms with van der Waals surface area (Å²) in [5.41, 5.74) is 6.66. The van der Waals surface area contributed by atoms with Crippen molar-refractivity contribution in [1.82, 2.24) is 4.98 Å². The first-order valence-corrected chi connectivity index (χ1v) is 6.21. The molecule has 0 saturated carbocycles. The molecule has 3 N–H and O–H groups in total. The van der Waals surface area contributed by atoms with Crippen molar-refractivity contribution < 1.29 is 18.0 Å². The van der Waals surface area contributed by atoms with Gasteiger partial charge in [-0.15, -0.1) is 0 Å². The van der Waals surface area contributed by atoms with Gasteiger partial charge in [0.15, 0.2) is 0 Å². The molecular weight excluding hydrogens is 297 g/mol. The molecule has 22 heavy (non-hydrogen) atoms. The zero-order valence-corrected chi connectivity index (χ0v) is 11.6. The Kier molecular flexibility index (Phi) is 4.20. The lowest BCUT2D eigenvalue weighted by molar-refractivity contribution is -0.167. The Labute approximate surface area is 124 Å². The summed E-state index contributed by atoms with van der Waals surface area (Å²) >= 11 is 0. The minimum absolute atomic E-state index is 0.0436. The van der Waals surface area contributed by atoms with Crippen molar-refractivity contribution in [3.05, 3.63) is 42.6 Å². The molecule has 0 aliphatic heterocycles. The van der Waals surface area contributed by atoms with E-state index in [0.29, 0.717) is 17.2 Å². The van der Waals surface area contributed by atoms with Gasteiger partial charge in [0, 0.05) is 18.4 Å². The van der Waals surface area contributed by atoms with Crippen LogP contribution in [0.15, 0.2) is 42.6 Å². The average molecular weight is 310 g/mol. The summed E-state index contributed by atoms with van der Waals surface area (Å²) in [5.74, 6) is -1.45. The predicted molar refractivity (Wildman–Crippen MR) is 77.8 cm³/mol. The van der Waals surface area contributed by atoms with E-state index in [0.717, 1.165) is 0 Å². The normalized spacial score (nSPS) is 11.1. The minimum atomic E-state index is -4.93. The van der Waals surface area contributed by atoms with Crippen molar-refractivity contribution in [2.45, 2.75) is 6.18 Å². The number of anilines is 4. The minimum Gasteiger partial charge on any atom is -0.397 e. The highest BCUT2D eigenvalue weighted by Gasteiger charge is 2.38. The molecule has 2 rings (SSSR count). The van der Waals surface area contributed by atoms with Gasteiger partial charge >= 0.3 is 12.1 Å². The fraction of sp³-hybridized carbons (Fsp3) is 0.143. The Morgan fingerprint density at radius 3 is 2.59 bits per heavy atom. The summed E-state index contributed by atoms with van der Waals surface area (Å²) in [4.78, 5) is 16.7. The molecule has 1 amide bonds.